The van der Waals surface area contributed by atoms with Crippen molar-refractivity contribution in [1.82, 2.24) is 39.0 Å². The van der Waals surface area contributed by atoms with E-state index in [0.29, 0.717) is 22.8 Å². The molecule has 12 nitrogen and oxygen atoms in total. The molecule has 14 heteroatoms. The van der Waals surface area contributed by atoms with E-state index in [1.165, 1.54) is 0 Å². The summed E-state index contributed by atoms with van der Waals surface area (Å²) in [6.07, 6.45) is 0. The monoisotopic (exact) mass is 1540 g/mol. The van der Waals surface area contributed by atoms with Crippen LogP contribution in [0.3, 0.4) is 0 Å². The molecular formula is C100H72BBrN8O4. The normalized spacial score (nSPS) is 13.0. The standard InChI is InChI=1S/C47H30N4O.C34H29BN2O3.C19H13BrN2/c1-3-14-31(15-4-1)43-45-44(39-24-7-10-27-42(39)52-45)50-46(49-43)36-20-12-18-34(29-36)32-16-11-17-33(28-32)35-19-13-21-37(30-35)47-48-40-25-8-9-26-41(40)51(47)38-22-5-2-6-23-38;1-33(2)34(3,4)40-35(39-33)26-17-11-15-24(21-26)23-14-10-16-25(20-23)32-36-29(22-12-6-5-7-13-22)31-30(37-32)27-18-8-9-19-28(27)38-31;20-15-8-6-7-14(13-15)19-21-17-11-4-5-12-18(17)22(19)16-9-2-1-3-10-16/h1-30H;5-21H,1-4H3;1-13H. The third-order valence-electron chi connectivity index (χ3n) is 21.4. The number of rotatable bonds is 12. The minimum atomic E-state index is -0.415. The molecule has 1 saturated heterocycles. The lowest BCUT2D eigenvalue weighted by Crippen LogP contribution is -2.41. The summed E-state index contributed by atoms with van der Waals surface area (Å²) < 4.78 is 30.7. The Hall–Kier alpha value is -13.8. The van der Waals surface area contributed by atoms with Gasteiger partial charge in [-0.25, -0.2) is 29.9 Å². The highest BCUT2D eigenvalue weighted by Gasteiger charge is 2.51. The van der Waals surface area contributed by atoms with E-state index in [9.17, 15) is 0 Å². The highest BCUT2D eigenvalue weighted by molar-refractivity contribution is 9.10. The van der Waals surface area contributed by atoms with E-state index in [2.05, 4.69) is 295 Å². The molecule has 1 aliphatic rings. The van der Waals surface area contributed by atoms with E-state index in [0.717, 1.165) is 166 Å². The second-order valence-corrected chi connectivity index (χ2v) is 30.2. The Bertz CT molecular complexity index is 6970. The molecule has 20 aromatic rings. The molecule has 6 aromatic heterocycles. The average molecular weight is 1540 g/mol. The number of imidazole rings is 2. The van der Waals surface area contributed by atoms with Crippen LogP contribution in [0.1, 0.15) is 27.7 Å². The number of hydrogen-bond donors (Lipinski definition) is 0. The molecule has 1 fully saturated rings. The van der Waals surface area contributed by atoms with E-state index in [4.69, 9.17) is 48.0 Å². The lowest BCUT2D eigenvalue weighted by Gasteiger charge is -2.32. The van der Waals surface area contributed by atoms with Gasteiger partial charge < -0.3 is 18.1 Å². The van der Waals surface area contributed by atoms with Gasteiger partial charge in [0.2, 0.25) is 0 Å². The molecule has 0 bridgehead atoms. The number of fused-ring (bicyclic) bond motifs is 8. The van der Waals surface area contributed by atoms with E-state index in [-0.39, 0.29) is 0 Å². The van der Waals surface area contributed by atoms with Crippen LogP contribution in [0.4, 0.5) is 0 Å². The number of halogens is 1. The molecule has 0 radical (unpaired) electrons. The second kappa shape index (κ2) is 29.8. The number of furan rings is 2. The molecule has 0 unspecified atom stereocenters. The van der Waals surface area contributed by atoms with Crippen LogP contribution < -0.4 is 5.46 Å². The Morgan fingerprint density at radius 1 is 0.289 bits per heavy atom. The van der Waals surface area contributed by atoms with Gasteiger partial charge in [-0.2, -0.15) is 0 Å². The zero-order valence-electron chi connectivity index (χ0n) is 62.8. The molecule has 1 aliphatic heterocycles. The number of benzene rings is 14. The van der Waals surface area contributed by atoms with Gasteiger partial charge in [-0.1, -0.05) is 271 Å². The predicted octanol–water partition coefficient (Wildman–Crippen LogP) is 25.2. The Balaban J connectivity index is 0.000000124. The van der Waals surface area contributed by atoms with Gasteiger partial charge in [-0.3, -0.25) is 9.13 Å². The van der Waals surface area contributed by atoms with Crippen LogP contribution in [0.25, 0.3) is 179 Å². The van der Waals surface area contributed by atoms with Gasteiger partial charge in [0.1, 0.15) is 45.2 Å². The predicted molar refractivity (Wildman–Crippen MR) is 467 cm³/mol. The lowest BCUT2D eigenvalue weighted by molar-refractivity contribution is 0.00578. The first-order chi connectivity index (χ1) is 55.9. The average Bonchev–Trinajstić information content (AvgIpc) is 1.59. The largest absolute Gasteiger partial charge is 0.494 e. The number of hydrogen-bond acceptors (Lipinski definition) is 10. The molecule has 0 amide bonds. The van der Waals surface area contributed by atoms with E-state index >= 15 is 0 Å². The number of para-hydroxylation sites is 8. The van der Waals surface area contributed by atoms with Gasteiger partial charge in [0, 0.05) is 60.0 Å². The summed E-state index contributed by atoms with van der Waals surface area (Å²) >= 11 is 3.55. The molecule has 0 atom stereocenters. The number of nitrogens with zero attached hydrogens (tertiary/aromatic N) is 8. The van der Waals surface area contributed by atoms with Crippen molar-refractivity contribution < 1.29 is 18.1 Å². The Kier molecular flexibility index (Phi) is 18.5. The van der Waals surface area contributed by atoms with Gasteiger partial charge in [-0.05, 0) is 176 Å². The van der Waals surface area contributed by atoms with Crippen LogP contribution in [-0.2, 0) is 9.31 Å². The summed E-state index contributed by atoms with van der Waals surface area (Å²) in [5, 5.41) is 1.95. The van der Waals surface area contributed by atoms with Gasteiger partial charge in [0.25, 0.3) is 0 Å². The molecule has 0 spiro atoms. The maximum Gasteiger partial charge on any atom is 0.494 e. The first kappa shape index (κ1) is 70.6. The lowest BCUT2D eigenvalue weighted by atomic mass is 9.78. The molecule has 21 rings (SSSR count). The van der Waals surface area contributed by atoms with Crippen LogP contribution in [0.5, 0.6) is 0 Å². The van der Waals surface area contributed by atoms with Crippen LogP contribution in [-0.4, -0.2) is 57.4 Å². The Morgan fingerprint density at radius 2 is 0.623 bits per heavy atom. The van der Waals surface area contributed by atoms with Crippen molar-refractivity contribution in [1.29, 1.82) is 0 Å². The molecule has 0 aliphatic carbocycles. The highest BCUT2D eigenvalue weighted by atomic mass is 79.9. The first-order valence-corrected chi connectivity index (χ1v) is 38.9. The first-order valence-electron chi connectivity index (χ1n) is 38.1. The smallest absolute Gasteiger partial charge is 0.452 e. The fourth-order valence-electron chi connectivity index (χ4n) is 15.0. The summed E-state index contributed by atoms with van der Waals surface area (Å²) in [4.78, 5) is 30.2. The van der Waals surface area contributed by atoms with Crippen LogP contribution >= 0.6 is 15.9 Å². The van der Waals surface area contributed by atoms with Gasteiger partial charge >= 0.3 is 7.12 Å². The van der Waals surface area contributed by atoms with Crippen LogP contribution in [0, 0.1) is 0 Å². The summed E-state index contributed by atoms with van der Waals surface area (Å²) in [5.41, 5.74) is 25.3. The van der Waals surface area contributed by atoms with Crippen molar-refractivity contribution in [3.05, 3.63) is 368 Å². The van der Waals surface area contributed by atoms with Crippen molar-refractivity contribution in [2.24, 2.45) is 0 Å². The van der Waals surface area contributed by atoms with Gasteiger partial charge in [-0.15, -0.1) is 0 Å². The minimum absolute atomic E-state index is 0.392. The fraction of sp³-hybridized carbons (Fsp3) is 0.0600. The highest BCUT2D eigenvalue weighted by Crippen LogP contribution is 2.42. The summed E-state index contributed by atoms with van der Waals surface area (Å²) in [6.45, 7) is 8.29. The molecule has 7 heterocycles. The fourth-order valence-corrected chi connectivity index (χ4v) is 15.4. The van der Waals surface area contributed by atoms with Crippen molar-refractivity contribution in [3.63, 3.8) is 0 Å². The maximum absolute atomic E-state index is 6.33. The van der Waals surface area contributed by atoms with Gasteiger partial charge in [0.05, 0.1) is 33.3 Å². The van der Waals surface area contributed by atoms with E-state index < -0.39 is 18.3 Å². The summed E-state index contributed by atoms with van der Waals surface area (Å²) in [7, 11) is -0.415. The van der Waals surface area contributed by atoms with E-state index in [1.807, 2.05) is 121 Å². The van der Waals surface area contributed by atoms with Crippen molar-refractivity contribution in [3.8, 4) is 113 Å². The molecule has 114 heavy (non-hydrogen) atoms. The maximum atomic E-state index is 6.33. The Morgan fingerprint density at radius 3 is 1.07 bits per heavy atom. The zero-order chi connectivity index (χ0) is 76.9. The third kappa shape index (κ3) is 13.6. The third-order valence-corrected chi connectivity index (χ3v) is 21.9. The second-order valence-electron chi connectivity index (χ2n) is 29.3. The number of aromatic nitrogens is 8. The van der Waals surface area contributed by atoms with Crippen molar-refractivity contribution >= 4 is 94.7 Å². The zero-order valence-corrected chi connectivity index (χ0v) is 64.4. The van der Waals surface area contributed by atoms with Gasteiger partial charge in [0.15, 0.2) is 22.8 Å². The topological polar surface area (TPSA) is 132 Å². The van der Waals surface area contributed by atoms with Crippen molar-refractivity contribution in [2.45, 2.75) is 38.9 Å². The van der Waals surface area contributed by atoms with E-state index in [1.54, 1.807) is 0 Å². The summed E-state index contributed by atoms with van der Waals surface area (Å²) in [5.74, 6) is 3.18. The van der Waals surface area contributed by atoms with Crippen LogP contribution in [0.2, 0.25) is 0 Å². The quantitative estimate of drug-likeness (QED) is 0.109. The van der Waals surface area contributed by atoms with Crippen LogP contribution in [0.15, 0.2) is 377 Å². The molecule has 546 valence electrons. The molecule has 14 aromatic carbocycles. The van der Waals surface area contributed by atoms with Crippen molar-refractivity contribution in [2.75, 3.05) is 0 Å². The molecule has 0 N–H and O–H groups in total. The Labute approximate surface area is 667 Å². The molecular weight excluding hydrogens is 1470 g/mol. The minimum Gasteiger partial charge on any atom is -0.452 e. The SMILES string of the molecule is Brc1cccc(-c2nc3ccccc3n2-c2ccccc2)c1.CC1(C)OB(c2cccc(-c3cccc(-c4nc(-c5ccccc5)c5oc6ccccc6c5n4)c3)c2)OC1(C)C.c1ccc(-c2nc(-c3cccc(-c4cccc(-c5cccc(-c6nc7ccccc7n6-c6ccccc6)c5)c4)c3)nc3c2oc2ccccc23)cc1. The molecule has 0 saturated carbocycles. The summed E-state index contributed by atoms with van der Waals surface area (Å²) in [6, 6.07) is 124.